The van der Waals surface area contributed by atoms with Crippen LogP contribution in [0.4, 0.5) is 0 Å². The Labute approximate surface area is 606 Å². The van der Waals surface area contributed by atoms with Crippen LogP contribution in [0.15, 0.2) is 116 Å². The number of aldehydes is 1. The fourth-order valence-corrected chi connectivity index (χ4v) is 8.42. The van der Waals surface area contributed by atoms with Gasteiger partial charge in [0.25, 0.3) is 16.7 Å². The van der Waals surface area contributed by atoms with Crippen molar-refractivity contribution >= 4 is 199 Å². The van der Waals surface area contributed by atoms with E-state index in [1.54, 1.807) is 58.4 Å². The minimum atomic E-state index is -0.183. The minimum absolute atomic E-state index is 0. The first-order chi connectivity index (χ1) is 39.1. The number of carbonyl (C=O) groups is 1. The summed E-state index contributed by atoms with van der Waals surface area (Å²) in [6.07, 6.45) is 7.17. The molecule has 35 heteroatoms. The third-order valence-electron chi connectivity index (χ3n) is 8.23. The Morgan fingerprint density at radius 3 is 1.19 bits per heavy atom. The molecule has 85 heavy (non-hydrogen) atoms. The Balaban J connectivity index is -0.000000137. The number of nitrogens with one attached hydrogen (secondary N) is 4. The average molecular weight is 1660 g/mol. The van der Waals surface area contributed by atoms with Gasteiger partial charge in [-0.15, -0.1) is 35.6 Å². The molecule has 0 aliphatic heterocycles. The Kier molecular flexibility index (Phi) is 75.9. The fraction of sp³-hybridized carbons (Fsp3) is 0.340. The first-order valence-corrected chi connectivity index (χ1v) is 36.8. The number of aromatic nitrogens is 10. The monoisotopic (exact) mass is 1660 g/mol. The van der Waals surface area contributed by atoms with Crippen LogP contribution in [0, 0.1) is 25.5 Å². The number of alkyl halides is 3. The molecule has 0 saturated heterocycles. The largest absolute Gasteiger partial charge is 1.00 e. The maximum Gasteiger partial charge on any atom is 1.00 e. The molecule has 7 aromatic heterocycles. The fourth-order valence-electron chi connectivity index (χ4n) is 4.85. The molecule has 0 unspecified atom stereocenters. The van der Waals surface area contributed by atoms with Crippen LogP contribution in [-0.4, -0.2) is 131 Å². The Hall–Kier alpha value is -0.885. The van der Waals surface area contributed by atoms with Gasteiger partial charge in [-0.1, -0.05) is 125 Å². The van der Waals surface area contributed by atoms with Crippen LogP contribution in [0.5, 0.6) is 0 Å². The van der Waals surface area contributed by atoms with Gasteiger partial charge in [0, 0.05) is 112 Å². The molecule has 7 N–H and O–H groups in total. The van der Waals surface area contributed by atoms with Crippen molar-refractivity contribution < 1.29 is 51.1 Å². The van der Waals surface area contributed by atoms with Gasteiger partial charge in [0.1, 0.15) is 24.6 Å². The number of hydrogen-bond donors (Lipinski definition) is 7. The summed E-state index contributed by atoms with van der Waals surface area (Å²) in [5.74, 6) is 1.25. The number of aryl methyl sites for hydroxylation is 3. The van der Waals surface area contributed by atoms with Gasteiger partial charge < -0.3 is 36.6 Å². The number of aromatic amines is 4. The third-order valence-corrected chi connectivity index (χ3v) is 12.2. The van der Waals surface area contributed by atoms with Gasteiger partial charge in [0.05, 0.1) is 10.9 Å². The topological polar surface area (TPSA) is 273 Å². The number of pyridine rings is 4. The molecule has 469 valence electrons. The van der Waals surface area contributed by atoms with E-state index in [2.05, 4.69) is 150 Å². The van der Waals surface area contributed by atoms with Crippen LogP contribution in [0.2, 0.25) is 20.6 Å². The van der Waals surface area contributed by atoms with E-state index in [4.69, 9.17) is 84.9 Å². The third kappa shape index (κ3) is 55.7. The van der Waals surface area contributed by atoms with E-state index in [9.17, 15) is 19.2 Å². The predicted molar refractivity (Wildman–Crippen MR) is 377 cm³/mol. The Morgan fingerprint density at radius 1 is 0.635 bits per heavy atom. The number of nitrogens with zero attached hydrogens (tertiary/aromatic N) is 7. The molecule has 0 aliphatic carbocycles. The first-order valence-electron chi connectivity index (χ1n) is 23.3. The number of carbonyl (C=O) groups excluding carboxylic acids is 1. The molecule has 0 spiro atoms. The maximum atomic E-state index is 11.2. The van der Waals surface area contributed by atoms with E-state index in [1.165, 1.54) is 67.6 Å². The van der Waals surface area contributed by atoms with Gasteiger partial charge >= 0.3 is 29.6 Å². The second-order valence-corrected chi connectivity index (χ2v) is 34.4. The standard InChI is InChI=1S/2C11H10ClN3OS.C6H5BrClN.C6H4ClNO.C6H15N.C5H6N2OS.C2H6O.CH2Cl2.2CH4O.B.Br3P.ClH.Na.H/c2*1-7-5-9(16)15-11(14-7)17-6-8-3-2-4-13-10(8)12;7-4-5-2-1-3-9-6(5)8;7-6-5(4-9)2-1-3-8-6;1-4-7(5-2)6-3;1-3-2-4(8)7-5(9)6-3;1-2-3;2-1-3;2*1-2;;1-4(2)3;;;/h2*2-5H,6H2,1H3,(H,14,15,16);1-3H,4H2;1-4H;4-6H2,1-3H3;2H,1H3,(H2,6,7,8,9);3H,2H2,1H3;1H2;2*2H,1H3;;;1H;;/q;;;;;;;;;;;;;+1;-1. The summed E-state index contributed by atoms with van der Waals surface area (Å²) in [5.41, 5.74) is 5.04. The summed E-state index contributed by atoms with van der Waals surface area (Å²) in [7, 11) is 2.00. The van der Waals surface area contributed by atoms with Crippen LogP contribution in [-0.2, 0) is 16.8 Å². The molecule has 0 aliphatic rings. The van der Waals surface area contributed by atoms with Crippen LogP contribution in [0.3, 0.4) is 0 Å². The van der Waals surface area contributed by atoms with Crippen LogP contribution < -0.4 is 46.2 Å². The van der Waals surface area contributed by atoms with Gasteiger partial charge in [-0.2, -0.15) is 0 Å². The molecule has 7 aromatic rings. The van der Waals surface area contributed by atoms with Gasteiger partial charge in [-0.25, -0.2) is 29.9 Å². The van der Waals surface area contributed by atoms with E-state index in [1.807, 2.05) is 36.4 Å². The molecule has 0 aromatic carbocycles. The number of halogens is 11. The second-order valence-electron chi connectivity index (χ2n) is 14.0. The molecule has 0 saturated carbocycles. The van der Waals surface area contributed by atoms with Gasteiger partial charge in [-0.3, -0.25) is 24.2 Å². The van der Waals surface area contributed by atoms with Crippen molar-refractivity contribution in [2.45, 2.75) is 75.6 Å². The van der Waals surface area contributed by atoms with Gasteiger partial charge in [0.15, 0.2) is 21.4 Å². The Morgan fingerprint density at radius 2 is 0.953 bits per heavy atom. The number of aliphatic hydroxyl groups excluding tert-OH is 3. The first kappa shape index (κ1) is 97.7. The molecule has 7 heterocycles. The molecular formula is C50H68BBr4Cl7N11NaO7PS3. The van der Waals surface area contributed by atoms with E-state index in [-0.39, 0.29) is 89.6 Å². The summed E-state index contributed by atoms with van der Waals surface area (Å²) in [5, 5.41) is 25.5. The summed E-state index contributed by atoms with van der Waals surface area (Å²) < 4.78 is 0.192. The number of hydrogen-bond acceptors (Lipinski definition) is 17. The zero-order valence-electron chi connectivity index (χ0n) is 48.9. The number of H-pyrrole nitrogens is 4. The normalized spacial score (nSPS) is 8.99. The van der Waals surface area contributed by atoms with E-state index < -0.39 is 0 Å². The molecule has 0 amide bonds. The number of aliphatic hydroxyl groups is 3. The number of rotatable bonds is 11. The van der Waals surface area contributed by atoms with Crippen molar-refractivity contribution in [1.82, 2.24) is 54.7 Å². The predicted octanol–water partition coefficient (Wildman–Crippen LogP) is 12.3. The van der Waals surface area contributed by atoms with Crippen molar-refractivity contribution in [3.8, 4) is 0 Å². The summed E-state index contributed by atoms with van der Waals surface area (Å²) >= 11 is 52.9. The average Bonchev–Trinajstić information content (AvgIpc) is 3.55. The van der Waals surface area contributed by atoms with Crippen LogP contribution in [0.1, 0.15) is 73.3 Å². The zero-order chi connectivity index (χ0) is 63.4. The van der Waals surface area contributed by atoms with Crippen LogP contribution >= 0.6 is 184 Å². The molecule has 0 atom stereocenters. The molecule has 3 radical (unpaired) electrons. The van der Waals surface area contributed by atoms with Crippen LogP contribution in [0.25, 0.3) is 0 Å². The van der Waals surface area contributed by atoms with Crippen molar-refractivity contribution in [2.75, 3.05) is 45.8 Å². The van der Waals surface area contributed by atoms with E-state index >= 15 is 0 Å². The SMILES string of the molecule is BrP(Br)Br.CCN(CC)CC.CCO.CO.CO.Cc1cc(=O)[nH]c(=S)[nH]1.Cc1cc(=O)[nH]c(SCc2cccnc2Cl)n1.Cc1cc(=O)[nH]c(SCc2cccnc2Cl)n1.Cl.ClCCl.Clc1ncccc1CBr.O=Cc1cccnc1Cl.[B].[H-].[Na+]. The summed E-state index contributed by atoms with van der Waals surface area (Å²) in [4.78, 5) is 80.0. The number of thioether (sulfide) groups is 2. The van der Waals surface area contributed by atoms with Crippen molar-refractivity contribution in [2.24, 2.45) is 0 Å². The molecule has 7 rings (SSSR count). The molecular weight excluding hydrogens is 1600 g/mol. The zero-order valence-corrected chi connectivity index (χ0v) is 65.0. The maximum absolute atomic E-state index is 11.2. The summed E-state index contributed by atoms with van der Waals surface area (Å²) in [6, 6.07) is 18.9. The van der Waals surface area contributed by atoms with Crippen molar-refractivity contribution in [3.05, 3.63) is 187 Å². The Bertz CT molecular complexity index is 2870. The van der Waals surface area contributed by atoms with E-state index in [0.717, 1.165) is 41.9 Å². The second kappa shape index (κ2) is 66.0. The molecule has 0 fully saturated rings. The molecule has 0 bridgehead atoms. The van der Waals surface area contributed by atoms with Crippen molar-refractivity contribution in [1.29, 1.82) is 0 Å². The molecule has 18 nitrogen and oxygen atoms in total. The van der Waals surface area contributed by atoms with E-state index in [0.29, 0.717) is 65.3 Å². The minimum Gasteiger partial charge on any atom is -1.00 e. The summed E-state index contributed by atoms with van der Waals surface area (Å²) in [6.45, 7) is 17.4. The smallest absolute Gasteiger partial charge is 1.00 e. The van der Waals surface area contributed by atoms with Gasteiger partial charge in [0.2, 0.25) is 0 Å². The quantitative estimate of drug-likeness (QED) is 0.00927. The van der Waals surface area contributed by atoms with Crippen molar-refractivity contribution in [3.63, 3.8) is 0 Å². The van der Waals surface area contributed by atoms with Gasteiger partial charge in [-0.05, 0) is 147 Å².